The van der Waals surface area contributed by atoms with Crippen LogP contribution in [0.2, 0.25) is 0 Å². The summed E-state index contributed by atoms with van der Waals surface area (Å²) in [6, 6.07) is 13.4. The molecule has 0 unspecified atom stereocenters. The van der Waals surface area contributed by atoms with Gasteiger partial charge in [-0.25, -0.2) is 4.79 Å². The molecule has 142 valence electrons. The highest BCUT2D eigenvalue weighted by Gasteiger charge is 2.10. The highest BCUT2D eigenvalue weighted by atomic mass is 16.5. The Morgan fingerprint density at radius 1 is 0.889 bits per heavy atom. The van der Waals surface area contributed by atoms with Crippen LogP contribution in [0.3, 0.4) is 0 Å². The molecule has 5 nitrogen and oxygen atoms in total. The summed E-state index contributed by atoms with van der Waals surface area (Å²) in [6.45, 7) is 2.11. The van der Waals surface area contributed by atoms with Crippen LogP contribution in [0.4, 0.5) is 0 Å². The van der Waals surface area contributed by atoms with Crippen molar-refractivity contribution in [3.05, 3.63) is 71.8 Å². The second-order valence-electron chi connectivity index (χ2n) is 5.49. The SMILES string of the molecule is CCOC(=O)C=CC=C(c1ccc(OC)cc1)c1ccc(OC)c(OC)c1. The maximum absolute atomic E-state index is 11.6. The third-order valence-electron chi connectivity index (χ3n) is 3.88. The monoisotopic (exact) mass is 368 g/mol. The van der Waals surface area contributed by atoms with E-state index in [4.69, 9.17) is 18.9 Å². The highest BCUT2D eigenvalue weighted by molar-refractivity contribution is 5.85. The lowest BCUT2D eigenvalue weighted by atomic mass is 9.97. The van der Waals surface area contributed by atoms with Crippen molar-refractivity contribution in [3.63, 3.8) is 0 Å². The number of carbonyl (C=O) groups is 1. The van der Waals surface area contributed by atoms with Crippen LogP contribution >= 0.6 is 0 Å². The van der Waals surface area contributed by atoms with E-state index in [1.807, 2.05) is 48.5 Å². The van der Waals surface area contributed by atoms with Gasteiger partial charge in [-0.15, -0.1) is 0 Å². The molecule has 0 aliphatic heterocycles. The number of allylic oxidation sites excluding steroid dienone is 2. The third-order valence-corrected chi connectivity index (χ3v) is 3.88. The van der Waals surface area contributed by atoms with Gasteiger partial charge in [-0.2, -0.15) is 0 Å². The molecule has 0 spiro atoms. The molecule has 0 amide bonds. The van der Waals surface area contributed by atoms with Crippen LogP contribution in [0, 0.1) is 0 Å². The highest BCUT2D eigenvalue weighted by Crippen LogP contribution is 2.33. The number of methoxy groups -OCH3 is 3. The summed E-state index contributed by atoms with van der Waals surface area (Å²) in [6.07, 6.45) is 4.93. The van der Waals surface area contributed by atoms with E-state index in [1.54, 1.807) is 34.3 Å². The summed E-state index contributed by atoms with van der Waals surface area (Å²) in [5, 5.41) is 0. The molecule has 0 N–H and O–H groups in total. The lowest BCUT2D eigenvalue weighted by Gasteiger charge is -2.13. The van der Waals surface area contributed by atoms with E-state index >= 15 is 0 Å². The Balaban J connectivity index is 2.47. The maximum atomic E-state index is 11.6. The van der Waals surface area contributed by atoms with Crippen molar-refractivity contribution in [2.45, 2.75) is 6.92 Å². The van der Waals surface area contributed by atoms with Gasteiger partial charge < -0.3 is 18.9 Å². The largest absolute Gasteiger partial charge is 0.497 e. The zero-order valence-corrected chi connectivity index (χ0v) is 16.0. The molecule has 0 fully saturated rings. The molecular weight excluding hydrogens is 344 g/mol. The van der Waals surface area contributed by atoms with Crippen molar-refractivity contribution in [1.29, 1.82) is 0 Å². The predicted molar refractivity (Wildman–Crippen MR) is 105 cm³/mol. The second-order valence-corrected chi connectivity index (χ2v) is 5.49. The molecule has 0 radical (unpaired) electrons. The van der Waals surface area contributed by atoms with Crippen LogP contribution in [0.25, 0.3) is 5.57 Å². The van der Waals surface area contributed by atoms with Crippen LogP contribution in [0.5, 0.6) is 17.2 Å². The Morgan fingerprint density at radius 3 is 2.15 bits per heavy atom. The Bertz CT molecular complexity index is 819. The quantitative estimate of drug-likeness (QED) is 0.396. The molecule has 0 saturated carbocycles. The molecular formula is C22H24O5. The van der Waals surface area contributed by atoms with Gasteiger partial charge in [0.25, 0.3) is 0 Å². The first-order chi connectivity index (χ1) is 13.1. The summed E-state index contributed by atoms with van der Waals surface area (Å²) in [4.78, 5) is 11.6. The summed E-state index contributed by atoms with van der Waals surface area (Å²) in [5.41, 5.74) is 2.81. The van der Waals surface area contributed by atoms with E-state index in [1.165, 1.54) is 6.08 Å². The van der Waals surface area contributed by atoms with Crippen LogP contribution in [-0.2, 0) is 9.53 Å². The van der Waals surface area contributed by atoms with Gasteiger partial charge in [0.15, 0.2) is 11.5 Å². The molecule has 0 heterocycles. The zero-order chi connectivity index (χ0) is 19.6. The maximum Gasteiger partial charge on any atom is 0.330 e. The lowest BCUT2D eigenvalue weighted by molar-refractivity contribution is -0.137. The Morgan fingerprint density at radius 2 is 1.56 bits per heavy atom. The smallest absolute Gasteiger partial charge is 0.330 e. The van der Waals surface area contributed by atoms with Crippen molar-refractivity contribution in [2.24, 2.45) is 0 Å². The zero-order valence-electron chi connectivity index (χ0n) is 16.0. The van der Waals surface area contributed by atoms with Crippen LogP contribution in [0.15, 0.2) is 60.7 Å². The van der Waals surface area contributed by atoms with Gasteiger partial charge in [-0.05, 0) is 47.9 Å². The van der Waals surface area contributed by atoms with Gasteiger partial charge in [0.1, 0.15) is 5.75 Å². The first-order valence-electron chi connectivity index (χ1n) is 8.54. The van der Waals surface area contributed by atoms with Gasteiger partial charge in [-0.3, -0.25) is 0 Å². The van der Waals surface area contributed by atoms with E-state index in [0.29, 0.717) is 18.1 Å². The number of hydrogen-bond donors (Lipinski definition) is 0. The van der Waals surface area contributed by atoms with Gasteiger partial charge in [0.05, 0.1) is 27.9 Å². The molecule has 0 aliphatic carbocycles. The Hall–Kier alpha value is -3.21. The van der Waals surface area contributed by atoms with E-state index in [2.05, 4.69) is 0 Å². The van der Waals surface area contributed by atoms with Crippen molar-refractivity contribution >= 4 is 11.5 Å². The number of carbonyl (C=O) groups excluding carboxylic acids is 1. The van der Waals surface area contributed by atoms with E-state index < -0.39 is 0 Å². The van der Waals surface area contributed by atoms with Crippen molar-refractivity contribution in [1.82, 2.24) is 0 Å². The first-order valence-corrected chi connectivity index (χ1v) is 8.54. The number of hydrogen-bond acceptors (Lipinski definition) is 5. The van der Waals surface area contributed by atoms with Crippen molar-refractivity contribution in [3.8, 4) is 17.2 Å². The Labute approximate surface area is 159 Å². The minimum absolute atomic E-state index is 0.341. The molecule has 0 atom stereocenters. The van der Waals surface area contributed by atoms with Crippen LogP contribution in [-0.4, -0.2) is 33.9 Å². The molecule has 2 rings (SSSR count). The number of rotatable bonds is 8. The summed E-state index contributed by atoms with van der Waals surface area (Å²) >= 11 is 0. The van der Waals surface area contributed by atoms with Gasteiger partial charge >= 0.3 is 5.97 Å². The summed E-state index contributed by atoms with van der Waals surface area (Å²) < 4.78 is 20.9. The van der Waals surface area contributed by atoms with Crippen molar-refractivity contribution in [2.75, 3.05) is 27.9 Å². The Kier molecular flexibility index (Phi) is 7.49. The summed E-state index contributed by atoms with van der Waals surface area (Å²) in [5.74, 6) is 1.67. The first kappa shape index (κ1) is 20.1. The molecule has 0 aromatic heterocycles. The number of esters is 1. The average Bonchev–Trinajstić information content (AvgIpc) is 2.71. The normalized spacial score (nSPS) is 11.3. The van der Waals surface area contributed by atoms with Crippen molar-refractivity contribution < 1.29 is 23.7 Å². The van der Waals surface area contributed by atoms with Crippen LogP contribution < -0.4 is 14.2 Å². The minimum atomic E-state index is -0.379. The predicted octanol–water partition coefficient (Wildman–Crippen LogP) is 4.26. The molecule has 27 heavy (non-hydrogen) atoms. The fourth-order valence-corrected chi connectivity index (χ4v) is 2.55. The minimum Gasteiger partial charge on any atom is -0.497 e. The molecule has 2 aromatic carbocycles. The number of benzene rings is 2. The average molecular weight is 368 g/mol. The van der Waals surface area contributed by atoms with Gasteiger partial charge in [0.2, 0.25) is 0 Å². The molecule has 2 aromatic rings. The summed E-state index contributed by atoms with van der Waals surface area (Å²) in [7, 11) is 4.82. The standard InChI is InChI=1S/C22H24O5/c1-5-27-22(23)8-6-7-19(16-9-12-18(24-2)13-10-16)17-11-14-20(25-3)21(15-17)26-4/h6-15H,5H2,1-4H3. The molecule has 0 aliphatic rings. The molecule has 0 bridgehead atoms. The van der Waals surface area contributed by atoms with E-state index in [-0.39, 0.29) is 5.97 Å². The second kappa shape index (κ2) is 10.1. The van der Waals surface area contributed by atoms with Gasteiger partial charge in [0, 0.05) is 6.08 Å². The van der Waals surface area contributed by atoms with Crippen LogP contribution in [0.1, 0.15) is 18.1 Å². The lowest BCUT2D eigenvalue weighted by Crippen LogP contribution is -1.98. The fourth-order valence-electron chi connectivity index (χ4n) is 2.55. The fraction of sp³-hybridized carbons (Fsp3) is 0.227. The molecule has 5 heteroatoms. The topological polar surface area (TPSA) is 54.0 Å². The number of ether oxygens (including phenoxy) is 4. The van der Waals surface area contributed by atoms with E-state index in [0.717, 1.165) is 22.4 Å². The van der Waals surface area contributed by atoms with E-state index in [9.17, 15) is 4.79 Å². The third kappa shape index (κ3) is 5.38. The molecule has 0 saturated heterocycles. The van der Waals surface area contributed by atoms with Gasteiger partial charge in [-0.1, -0.05) is 30.4 Å².